The lowest BCUT2D eigenvalue weighted by Gasteiger charge is -2.15. The Balaban J connectivity index is 3.67. The van der Waals surface area contributed by atoms with Gasteiger partial charge in [0.05, 0.1) is 13.2 Å². The van der Waals surface area contributed by atoms with E-state index in [1.165, 1.54) is 89.9 Å². The first-order chi connectivity index (χ1) is 26.8. The number of allylic oxidation sites excluding steroid dienone is 10. The van der Waals surface area contributed by atoms with Crippen molar-refractivity contribution in [1.29, 1.82) is 0 Å². The van der Waals surface area contributed by atoms with E-state index >= 15 is 0 Å². The number of carbonyl (C=O) groups is 2. The van der Waals surface area contributed by atoms with Gasteiger partial charge in [0, 0.05) is 19.4 Å². The molecule has 9 nitrogen and oxygen atoms in total. The quantitative estimate of drug-likeness (QED) is 0.0242. The molecule has 0 aromatic heterocycles. The minimum atomic E-state index is -4.43. The second kappa shape index (κ2) is 41.3. The molecule has 1 amide bonds. The van der Waals surface area contributed by atoms with E-state index in [1.54, 1.807) is 0 Å². The molecule has 0 spiro atoms. The van der Waals surface area contributed by atoms with Gasteiger partial charge < -0.3 is 20.1 Å². The number of aliphatic hydroxyl groups excluding tert-OH is 1. The van der Waals surface area contributed by atoms with Gasteiger partial charge in [-0.1, -0.05) is 177 Å². The van der Waals surface area contributed by atoms with Crippen molar-refractivity contribution in [1.82, 2.24) is 5.32 Å². The van der Waals surface area contributed by atoms with E-state index in [0.717, 1.165) is 57.8 Å². The van der Waals surface area contributed by atoms with Crippen LogP contribution in [0.1, 0.15) is 181 Å². The van der Waals surface area contributed by atoms with E-state index in [4.69, 9.17) is 13.8 Å². The molecule has 0 rings (SSSR count). The Morgan fingerprint density at radius 3 is 1.53 bits per heavy atom. The molecule has 55 heavy (non-hydrogen) atoms. The van der Waals surface area contributed by atoms with Crippen LogP contribution >= 0.6 is 7.82 Å². The van der Waals surface area contributed by atoms with Gasteiger partial charge in [0.1, 0.15) is 12.7 Å². The van der Waals surface area contributed by atoms with Crippen LogP contribution in [0.25, 0.3) is 0 Å². The molecule has 2 atom stereocenters. The van der Waals surface area contributed by atoms with Crippen LogP contribution in [-0.2, 0) is 27.9 Å². The second-order valence-corrected chi connectivity index (χ2v) is 15.7. The van der Waals surface area contributed by atoms with E-state index in [-0.39, 0.29) is 32.1 Å². The van der Waals surface area contributed by atoms with Gasteiger partial charge in [-0.15, -0.1) is 0 Å². The summed E-state index contributed by atoms with van der Waals surface area (Å²) < 4.78 is 26.8. The molecule has 2 unspecified atom stereocenters. The van der Waals surface area contributed by atoms with Gasteiger partial charge in [0.15, 0.2) is 0 Å². The number of amides is 1. The van der Waals surface area contributed by atoms with Crippen LogP contribution in [-0.4, -0.2) is 54.3 Å². The van der Waals surface area contributed by atoms with Crippen molar-refractivity contribution in [3.63, 3.8) is 0 Å². The summed E-state index contributed by atoms with van der Waals surface area (Å²) in [7, 11) is -4.43. The predicted molar refractivity (Wildman–Crippen MR) is 229 cm³/mol. The Morgan fingerprint density at radius 2 is 1.04 bits per heavy atom. The number of phosphoric acid groups is 1. The smallest absolute Gasteiger partial charge is 0.463 e. The van der Waals surface area contributed by atoms with Gasteiger partial charge in [-0.05, 0) is 51.4 Å². The van der Waals surface area contributed by atoms with E-state index in [0.29, 0.717) is 12.8 Å². The molecule has 0 heterocycles. The van der Waals surface area contributed by atoms with Crippen molar-refractivity contribution in [2.24, 2.45) is 0 Å². The van der Waals surface area contributed by atoms with E-state index < -0.39 is 26.5 Å². The third-order valence-electron chi connectivity index (χ3n) is 8.96. The number of esters is 1. The van der Waals surface area contributed by atoms with Gasteiger partial charge in [-0.3, -0.25) is 18.6 Å². The molecule has 10 heteroatoms. The molecule has 0 radical (unpaired) electrons. The van der Waals surface area contributed by atoms with Gasteiger partial charge >= 0.3 is 13.8 Å². The number of aliphatic hydroxyl groups is 1. The molecular formula is C45H80NO8P. The number of hydrogen-bond acceptors (Lipinski definition) is 7. The summed E-state index contributed by atoms with van der Waals surface area (Å²) in [5.74, 6) is -0.575. The number of rotatable bonds is 40. The zero-order valence-electron chi connectivity index (χ0n) is 34.9. The second-order valence-electron chi connectivity index (χ2n) is 14.3. The maximum Gasteiger partial charge on any atom is 0.472 e. The molecule has 0 saturated carbocycles. The lowest BCUT2D eigenvalue weighted by atomic mass is 10.0. The van der Waals surface area contributed by atoms with Gasteiger partial charge in [0.25, 0.3) is 0 Å². The molecule has 0 aliphatic carbocycles. The summed E-state index contributed by atoms with van der Waals surface area (Å²) >= 11 is 0. The number of ether oxygens (including phenoxy) is 1. The number of hydrogen-bond donors (Lipinski definition) is 3. The molecule has 0 fully saturated rings. The summed E-state index contributed by atoms with van der Waals surface area (Å²) in [6.07, 6.45) is 48.7. The Hall–Kier alpha value is -2.29. The van der Waals surface area contributed by atoms with Crippen molar-refractivity contribution in [3.05, 3.63) is 60.8 Å². The maximum absolute atomic E-state index is 12.1. The lowest BCUT2D eigenvalue weighted by molar-refractivity contribution is -0.147. The first kappa shape index (κ1) is 52.7. The maximum atomic E-state index is 12.1. The Morgan fingerprint density at radius 1 is 0.582 bits per heavy atom. The van der Waals surface area contributed by atoms with Crippen LogP contribution in [0, 0.1) is 0 Å². The van der Waals surface area contributed by atoms with E-state index in [2.05, 4.69) is 79.9 Å². The summed E-state index contributed by atoms with van der Waals surface area (Å²) in [6, 6.07) is 0. The highest BCUT2D eigenvalue weighted by molar-refractivity contribution is 7.47. The fourth-order valence-electron chi connectivity index (χ4n) is 5.71. The Kier molecular flexibility index (Phi) is 39.6. The fraction of sp³-hybridized carbons (Fsp3) is 0.733. The highest BCUT2D eigenvalue weighted by Crippen LogP contribution is 2.42. The summed E-state index contributed by atoms with van der Waals surface area (Å²) in [4.78, 5) is 33.9. The minimum absolute atomic E-state index is 0.0496. The third kappa shape index (κ3) is 42.7. The van der Waals surface area contributed by atoms with Crippen molar-refractivity contribution >= 4 is 19.7 Å². The van der Waals surface area contributed by atoms with Crippen molar-refractivity contribution in [2.75, 3.05) is 26.4 Å². The van der Waals surface area contributed by atoms with Gasteiger partial charge in [-0.2, -0.15) is 0 Å². The summed E-state index contributed by atoms with van der Waals surface area (Å²) in [5, 5.41) is 12.7. The normalized spacial score (nSPS) is 13.9. The van der Waals surface area contributed by atoms with Crippen molar-refractivity contribution in [3.8, 4) is 0 Å². The highest BCUT2D eigenvalue weighted by Gasteiger charge is 2.23. The zero-order chi connectivity index (χ0) is 40.3. The van der Waals surface area contributed by atoms with Crippen molar-refractivity contribution in [2.45, 2.75) is 187 Å². The zero-order valence-corrected chi connectivity index (χ0v) is 35.7. The standard InChI is InChI=1S/C45H80NO8P/c1-3-5-7-9-11-13-15-17-19-21-23-25-27-29-31-33-35-37-44(48)46-39-40-53-55(50,51)54-42-43(47)41-52-45(49)38-36-34-32-30-28-26-24-22-20-18-16-14-12-10-8-6-4-2/h5,7,11,13,17,19,23,25,29,31,43,47H,3-4,6,8-10,12,14-16,18,20-22,24,26-28,30,32-42H2,1-2H3,(H,46,48)(H,50,51)/b7-5-,13-11-,19-17-,25-23-,31-29-. The van der Waals surface area contributed by atoms with Crippen LogP contribution in [0.4, 0.5) is 0 Å². The van der Waals surface area contributed by atoms with E-state index in [9.17, 15) is 24.2 Å². The average molecular weight is 794 g/mol. The van der Waals surface area contributed by atoms with Gasteiger partial charge in [0.2, 0.25) is 5.91 Å². The fourth-order valence-corrected chi connectivity index (χ4v) is 6.47. The molecule has 0 aromatic carbocycles. The summed E-state index contributed by atoms with van der Waals surface area (Å²) in [6.45, 7) is 3.37. The molecule has 0 aromatic rings. The van der Waals surface area contributed by atoms with Crippen LogP contribution in [0.15, 0.2) is 60.8 Å². The van der Waals surface area contributed by atoms with E-state index in [1.807, 2.05) is 0 Å². The number of carbonyl (C=O) groups excluding carboxylic acids is 2. The molecule has 0 bridgehead atoms. The van der Waals surface area contributed by atoms with Gasteiger partial charge in [-0.25, -0.2) is 4.57 Å². The van der Waals surface area contributed by atoms with Crippen LogP contribution < -0.4 is 5.32 Å². The topological polar surface area (TPSA) is 131 Å². The molecular weight excluding hydrogens is 713 g/mol. The first-order valence-corrected chi connectivity index (χ1v) is 23.3. The van der Waals surface area contributed by atoms with Crippen LogP contribution in [0.2, 0.25) is 0 Å². The SMILES string of the molecule is CC/C=C\C/C=C\C/C=C\C/C=C\C/C=C\CCCC(=O)NCCOP(=O)(O)OCC(O)COC(=O)CCCCCCCCCCCCCCCCCCC. The molecule has 0 aliphatic heterocycles. The molecule has 318 valence electrons. The van der Waals surface area contributed by atoms with Crippen LogP contribution in [0.5, 0.6) is 0 Å². The Bertz CT molecular complexity index is 1090. The summed E-state index contributed by atoms with van der Waals surface area (Å²) in [5.41, 5.74) is 0. The van der Waals surface area contributed by atoms with Crippen LogP contribution in [0.3, 0.4) is 0 Å². The van der Waals surface area contributed by atoms with Crippen molar-refractivity contribution < 1.29 is 37.9 Å². The molecule has 0 saturated heterocycles. The first-order valence-electron chi connectivity index (χ1n) is 21.8. The molecule has 3 N–H and O–H groups in total. The largest absolute Gasteiger partial charge is 0.472 e. The highest BCUT2D eigenvalue weighted by atomic mass is 31.2. The number of nitrogens with one attached hydrogen (secondary N) is 1. The number of phosphoric ester groups is 1. The number of unbranched alkanes of at least 4 members (excludes halogenated alkanes) is 17. The minimum Gasteiger partial charge on any atom is -0.463 e. The lowest BCUT2D eigenvalue weighted by Crippen LogP contribution is -2.27. The Labute approximate surface area is 336 Å². The monoisotopic (exact) mass is 794 g/mol. The average Bonchev–Trinajstić information content (AvgIpc) is 3.17. The predicted octanol–water partition coefficient (Wildman–Crippen LogP) is 12.1. The molecule has 0 aliphatic rings. The third-order valence-corrected chi connectivity index (χ3v) is 9.95.